The lowest BCUT2D eigenvalue weighted by molar-refractivity contribution is -0.129. The van der Waals surface area contributed by atoms with Crippen molar-refractivity contribution >= 4 is 27.7 Å². The maximum Gasteiger partial charge on any atom is 0.248 e. The van der Waals surface area contributed by atoms with Crippen LogP contribution in [-0.4, -0.2) is 75.4 Å². The van der Waals surface area contributed by atoms with Crippen molar-refractivity contribution in [1.29, 1.82) is 0 Å². The van der Waals surface area contributed by atoms with E-state index in [2.05, 4.69) is 15.4 Å². The second-order valence-corrected chi connectivity index (χ2v) is 9.66. The van der Waals surface area contributed by atoms with Crippen LogP contribution in [0.15, 0.2) is 20.9 Å². The van der Waals surface area contributed by atoms with Crippen LogP contribution in [0, 0.1) is 13.8 Å². The molecule has 0 atom stereocenters. The van der Waals surface area contributed by atoms with Crippen LogP contribution in [0.2, 0.25) is 0 Å². The molecule has 10 nitrogen and oxygen atoms in total. The minimum absolute atomic E-state index is 0.0438. The normalized spacial score (nSPS) is 16.1. The van der Waals surface area contributed by atoms with Gasteiger partial charge in [-0.3, -0.25) is 4.79 Å². The molecule has 1 fully saturated rings. The van der Waals surface area contributed by atoms with Gasteiger partial charge >= 0.3 is 0 Å². The summed E-state index contributed by atoms with van der Waals surface area (Å²) < 4.78 is 34.0. The Hall–Kier alpha value is -1.92. The highest BCUT2D eigenvalue weighted by Crippen LogP contribution is 2.25. The molecule has 2 aromatic rings. The van der Waals surface area contributed by atoms with Crippen molar-refractivity contribution in [3.63, 3.8) is 0 Å². The molecule has 0 unspecified atom stereocenters. The third-order valence-electron chi connectivity index (χ3n) is 4.58. The molecule has 0 aliphatic carbocycles. The van der Waals surface area contributed by atoms with Crippen molar-refractivity contribution in [2.45, 2.75) is 43.8 Å². The molecule has 0 spiro atoms. The Morgan fingerprint density at radius 3 is 2.50 bits per heavy atom. The van der Waals surface area contributed by atoms with Crippen LogP contribution in [-0.2, 0) is 14.8 Å². The highest BCUT2D eigenvalue weighted by Gasteiger charge is 2.34. The molecule has 12 heteroatoms. The standard InChI is InChI=1S/C16H24N6O4S2/c1-11(2)22-10-17-18-16(22)27-9-14(23)20-5-7-21(8-6-20)28(24,25)15-12(3)19-26-13(15)4/h10-11H,5-9H2,1-4H3. The number of aromatic nitrogens is 4. The van der Waals surface area contributed by atoms with E-state index in [1.807, 2.05) is 18.4 Å². The third-order valence-corrected chi connectivity index (χ3v) is 7.66. The third kappa shape index (κ3) is 4.08. The summed E-state index contributed by atoms with van der Waals surface area (Å²) in [5, 5.41) is 12.4. The second-order valence-electron chi connectivity index (χ2n) is 6.84. The molecule has 2 aromatic heterocycles. The van der Waals surface area contributed by atoms with Gasteiger partial charge in [-0.1, -0.05) is 16.9 Å². The summed E-state index contributed by atoms with van der Waals surface area (Å²) in [5.41, 5.74) is 0.349. The number of thioether (sulfide) groups is 1. The van der Waals surface area contributed by atoms with Gasteiger partial charge < -0.3 is 14.0 Å². The maximum absolute atomic E-state index is 12.8. The van der Waals surface area contributed by atoms with Crippen molar-refractivity contribution in [1.82, 2.24) is 29.1 Å². The van der Waals surface area contributed by atoms with Gasteiger partial charge in [-0.05, 0) is 27.7 Å². The summed E-state index contributed by atoms with van der Waals surface area (Å²) >= 11 is 1.34. The number of hydrogen-bond acceptors (Lipinski definition) is 8. The molecule has 154 valence electrons. The average molecular weight is 429 g/mol. The van der Waals surface area contributed by atoms with Gasteiger partial charge in [0.1, 0.15) is 16.9 Å². The molecule has 1 saturated heterocycles. The number of piperazine rings is 1. The Balaban J connectivity index is 1.58. The van der Waals surface area contributed by atoms with Gasteiger partial charge in [0.25, 0.3) is 0 Å². The number of amides is 1. The number of nitrogens with zero attached hydrogens (tertiary/aromatic N) is 6. The second kappa shape index (κ2) is 8.21. The van der Waals surface area contributed by atoms with Gasteiger partial charge in [0.2, 0.25) is 15.9 Å². The minimum Gasteiger partial charge on any atom is -0.360 e. The monoisotopic (exact) mass is 428 g/mol. The molecule has 1 aliphatic heterocycles. The number of hydrogen-bond donors (Lipinski definition) is 0. The number of carbonyl (C=O) groups excluding carboxylic acids is 1. The molecule has 0 aromatic carbocycles. The van der Waals surface area contributed by atoms with Crippen molar-refractivity contribution in [2.24, 2.45) is 0 Å². The Kier molecular flexibility index (Phi) is 6.10. The smallest absolute Gasteiger partial charge is 0.248 e. The average Bonchev–Trinajstić information content (AvgIpc) is 3.26. The largest absolute Gasteiger partial charge is 0.360 e. The lowest BCUT2D eigenvalue weighted by Gasteiger charge is -2.33. The Morgan fingerprint density at radius 1 is 1.25 bits per heavy atom. The van der Waals surface area contributed by atoms with Crippen LogP contribution in [0.4, 0.5) is 0 Å². The summed E-state index contributed by atoms with van der Waals surface area (Å²) in [6.45, 7) is 8.41. The molecule has 0 N–H and O–H groups in total. The highest BCUT2D eigenvalue weighted by molar-refractivity contribution is 7.99. The molecule has 0 saturated carbocycles. The fourth-order valence-corrected chi connectivity index (χ4v) is 5.72. The molecule has 3 rings (SSSR count). The molecule has 0 bridgehead atoms. The van der Waals surface area contributed by atoms with Crippen LogP contribution in [0.25, 0.3) is 0 Å². The summed E-state index contributed by atoms with van der Waals surface area (Å²) in [7, 11) is -3.68. The first-order valence-corrected chi connectivity index (χ1v) is 11.4. The summed E-state index contributed by atoms with van der Waals surface area (Å²) in [6, 6.07) is 0.214. The van der Waals surface area contributed by atoms with Crippen LogP contribution < -0.4 is 0 Å². The summed E-state index contributed by atoms with van der Waals surface area (Å²) in [6.07, 6.45) is 1.65. The van der Waals surface area contributed by atoms with E-state index >= 15 is 0 Å². The lowest BCUT2D eigenvalue weighted by atomic mass is 10.3. The van der Waals surface area contributed by atoms with Crippen LogP contribution in [0.5, 0.6) is 0 Å². The molecule has 1 aliphatic rings. The zero-order valence-corrected chi connectivity index (χ0v) is 18.0. The molecule has 0 radical (unpaired) electrons. The molecule has 28 heavy (non-hydrogen) atoms. The number of aryl methyl sites for hydroxylation is 2. The predicted molar refractivity (Wildman–Crippen MR) is 102 cm³/mol. The van der Waals surface area contributed by atoms with Gasteiger partial charge in [-0.15, -0.1) is 10.2 Å². The van der Waals surface area contributed by atoms with Crippen molar-refractivity contribution in [3.8, 4) is 0 Å². The lowest BCUT2D eigenvalue weighted by Crippen LogP contribution is -2.51. The van der Waals surface area contributed by atoms with Gasteiger partial charge in [0, 0.05) is 32.2 Å². The van der Waals surface area contributed by atoms with Gasteiger partial charge in [-0.2, -0.15) is 4.31 Å². The quantitative estimate of drug-likeness (QED) is 0.628. The van der Waals surface area contributed by atoms with E-state index in [9.17, 15) is 13.2 Å². The first kappa shape index (κ1) is 20.8. The van der Waals surface area contributed by atoms with E-state index in [0.29, 0.717) is 23.9 Å². The molecular weight excluding hydrogens is 404 g/mol. The van der Waals surface area contributed by atoms with E-state index < -0.39 is 10.0 Å². The van der Waals surface area contributed by atoms with E-state index in [4.69, 9.17) is 4.52 Å². The summed E-state index contributed by atoms with van der Waals surface area (Å²) in [4.78, 5) is 14.3. The number of carbonyl (C=O) groups is 1. The van der Waals surface area contributed by atoms with Gasteiger partial charge in [0.05, 0.1) is 5.75 Å². The Bertz CT molecular complexity index is 925. The SMILES string of the molecule is Cc1noc(C)c1S(=O)(=O)N1CCN(C(=O)CSc2nncn2C(C)C)CC1. The number of sulfonamides is 1. The molecular formula is C16H24N6O4S2. The van der Waals surface area contributed by atoms with E-state index in [1.165, 1.54) is 16.1 Å². The molecule has 3 heterocycles. The summed E-state index contributed by atoms with van der Waals surface area (Å²) in [5.74, 6) is 0.474. The topological polar surface area (TPSA) is 114 Å². The highest BCUT2D eigenvalue weighted by atomic mass is 32.2. The van der Waals surface area contributed by atoms with E-state index in [0.717, 1.165) is 0 Å². The zero-order chi connectivity index (χ0) is 20.5. The van der Waals surface area contributed by atoms with E-state index in [-0.39, 0.29) is 41.4 Å². The van der Waals surface area contributed by atoms with Crippen molar-refractivity contribution < 1.29 is 17.7 Å². The van der Waals surface area contributed by atoms with Gasteiger partial charge in [0.15, 0.2) is 10.9 Å². The number of rotatable bonds is 6. The Labute approximate surface area is 168 Å². The zero-order valence-electron chi connectivity index (χ0n) is 16.3. The first-order valence-electron chi connectivity index (χ1n) is 8.95. The first-order chi connectivity index (χ1) is 13.2. The minimum atomic E-state index is -3.68. The van der Waals surface area contributed by atoms with Crippen LogP contribution >= 0.6 is 11.8 Å². The molecule has 1 amide bonds. The fourth-order valence-electron chi connectivity index (χ4n) is 3.06. The van der Waals surface area contributed by atoms with E-state index in [1.54, 1.807) is 25.1 Å². The van der Waals surface area contributed by atoms with Gasteiger partial charge in [-0.25, -0.2) is 8.42 Å². The van der Waals surface area contributed by atoms with Crippen LogP contribution in [0.3, 0.4) is 0 Å². The van der Waals surface area contributed by atoms with Crippen molar-refractivity contribution in [3.05, 3.63) is 17.8 Å². The maximum atomic E-state index is 12.8. The van der Waals surface area contributed by atoms with Crippen LogP contribution in [0.1, 0.15) is 31.3 Å². The predicted octanol–water partition coefficient (Wildman–Crippen LogP) is 1.09. The van der Waals surface area contributed by atoms with Crippen molar-refractivity contribution in [2.75, 3.05) is 31.9 Å². The fraction of sp³-hybridized carbons (Fsp3) is 0.625. The Morgan fingerprint density at radius 2 is 1.93 bits per heavy atom.